The molecule has 8 nitrogen and oxygen atoms in total. The number of ether oxygens (including phenoxy) is 1. The van der Waals surface area contributed by atoms with E-state index in [4.69, 9.17) is 4.74 Å². The van der Waals surface area contributed by atoms with E-state index in [0.717, 1.165) is 11.1 Å². The third kappa shape index (κ3) is 4.22. The molecular weight excluding hydrogens is 358 g/mol. The van der Waals surface area contributed by atoms with Crippen molar-refractivity contribution in [1.29, 1.82) is 0 Å². The molecule has 0 bridgehead atoms. The summed E-state index contributed by atoms with van der Waals surface area (Å²) in [4.78, 5) is 33.2. The van der Waals surface area contributed by atoms with Gasteiger partial charge in [-0.25, -0.2) is 9.48 Å². The number of pyridine rings is 2. The highest BCUT2D eigenvalue weighted by molar-refractivity contribution is 5.88. The van der Waals surface area contributed by atoms with E-state index in [-0.39, 0.29) is 16.9 Å². The highest BCUT2D eigenvalue weighted by Crippen LogP contribution is 2.19. The second kappa shape index (κ2) is 8.43. The van der Waals surface area contributed by atoms with E-state index in [2.05, 4.69) is 20.4 Å². The molecule has 0 fully saturated rings. The van der Waals surface area contributed by atoms with Crippen LogP contribution in [0.3, 0.4) is 0 Å². The lowest BCUT2D eigenvalue weighted by Gasteiger charge is -2.15. The quantitative estimate of drug-likeness (QED) is 0.657. The van der Waals surface area contributed by atoms with E-state index in [1.54, 1.807) is 50.8 Å². The lowest BCUT2D eigenvalue weighted by atomic mass is 10.2. The third-order valence-electron chi connectivity index (χ3n) is 4.25. The highest BCUT2D eigenvalue weighted by atomic mass is 16.5. The number of carbonyl (C=O) groups is 1. The molecular formula is C20H21N5O3. The number of rotatable bonds is 6. The Balaban J connectivity index is 1.90. The van der Waals surface area contributed by atoms with Crippen LogP contribution < -0.4 is 10.9 Å². The summed E-state index contributed by atoms with van der Waals surface area (Å²) >= 11 is 0. The number of carbonyl (C=O) groups excluding carboxylic acids is 1. The summed E-state index contributed by atoms with van der Waals surface area (Å²) in [6.45, 7) is 5.76. The molecule has 1 unspecified atom stereocenters. The summed E-state index contributed by atoms with van der Waals surface area (Å²) in [6, 6.07) is 6.78. The minimum Gasteiger partial charge on any atom is -0.453 e. The zero-order chi connectivity index (χ0) is 20.1. The Hall–Kier alpha value is -3.55. The minimum atomic E-state index is -0.613. The van der Waals surface area contributed by atoms with Crippen LogP contribution in [0.25, 0.3) is 0 Å². The first kappa shape index (κ1) is 19.2. The molecule has 8 heteroatoms. The molecule has 0 aliphatic carbocycles. The zero-order valence-corrected chi connectivity index (χ0v) is 15.9. The zero-order valence-electron chi connectivity index (χ0n) is 15.9. The van der Waals surface area contributed by atoms with Crippen LogP contribution in [-0.4, -0.2) is 25.7 Å². The number of nitrogens with one attached hydrogen (secondary N) is 1. The average Bonchev–Trinajstić information content (AvgIpc) is 2.71. The second-order valence-corrected chi connectivity index (χ2v) is 6.21. The van der Waals surface area contributed by atoms with Gasteiger partial charge in [0.15, 0.2) is 5.69 Å². The van der Waals surface area contributed by atoms with Crippen molar-refractivity contribution >= 4 is 17.3 Å². The average molecular weight is 379 g/mol. The molecule has 3 rings (SSSR count). The number of hydrogen-bond donors (Lipinski definition) is 1. The molecule has 3 aromatic heterocycles. The molecule has 0 aromatic carbocycles. The number of anilines is 2. The van der Waals surface area contributed by atoms with E-state index in [1.807, 2.05) is 13.0 Å². The Bertz CT molecular complexity index is 1030. The smallest absolute Gasteiger partial charge is 0.359 e. The molecule has 0 aliphatic heterocycles. The molecule has 0 aliphatic rings. The lowest BCUT2D eigenvalue weighted by Crippen LogP contribution is -2.27. The second-order valence-electron chi connectivity index (χ2n) is 6.21. The summed E-state index contributed by atoms with van der Waals surface area (Å²) < 4.78 is 6.73. The van der Waals surface area contributed by atoms with E-state index < -0.39 is 12.1 Å². The fourth-order valence-corrected chi connectivity index (χ4v) is 2.61. The molecule has 3 heterocycles. The maximum atomic E-state index is 12.6. The summed E-state index contributed by atoms with van der Waals surface area (Å²) in [7, 11) is 0. The maximum absolute atomic E-state index is 12.6. The van der Waals surface area contributed by atoms with Gasteiger partial charge in [-0.2, -0.15) is 5.10 Å². The van der Waals surface area contributed by atoms with Gasteiger partial charge in [-0.1, -0.05) is 0 Å². The van der Waals surface area contributed by atoms with Crippen molar-refractivity contribution in [1.82, 2.24) is 19.7 Å². The normalized spacial score (nSPS) is 11.7. The van der Waals surface area contributed by atoms with Crippen LogP contribution in [0.15, 0.2) is 53.8 Å². The number of aromatic nitrogens is 4. The fourth-order valence-electron chi connectivity index (χ4n) is 2.61. The Kier molecular flexibility index (Phi) is 5.78. The van der Waals surface area contributed by atoms with Gasteiger partial charge >= 0.3 is 5.97 Å². The Morgan fingerprint density at radius 3 is 2.57 bits per heavy atom. The van der Waals surface area contributed by atoms with Crippen molar-refractivity contribution in [2.45, 2.75) is 33.4 Å². The Morgan fingerprint density at radius 2 is 1.89 bits per heavy atom. The van der Waals surface area contributed by atoms with Crippen LogP contribution in [0.5, 0.6) is 0 Å². The van der Waals surface area contributed by atoms with E-state index in [9.17, 15) is 9.59 Å². The van der Waals surface area contributed by atoms with Crippen LogP contribution in [-0.2, 0) is 11.3 Å². The summed E-state index contributed by atoms with van der Waals surface area (Å²) in [5, 5.41) is 7.17. The number of aryl methyl sites for hydroxylation is 2. The van der Waals surface area contributed by atoms with Gasteiger partial charge in [0, 0.05) is 31.2 Å². The first-order chi connectivity index (χ1) is 13.5. The number of esters is 1. The van der Waals surface area contributed by atoms with E-state index in [0.29, 0.717) is 12.2 Å². The fraction of sp³-hybridized carbons (Fsp3) is 0.250. The molecule has 1 N–H and O–H groups in total. The molecule has 28 heavy (non-hydrogen) atoms. The standard InChI is InChI=1S/C20H21N5O3/c1-4-25-19(26)16(23-18-12-22-8-5-13(18)2)11-17(24-25)20(27)28-14(3)15-6-9-21-10-7-15/h5-12,14,23H,4H2,1-3H3. The number of hydrogen-bond acceptors (Lipinski definition) is 7. The van der Waals surface area contributed by atoms with Gasteiger partial charge in [-0.05, 0) is 50.1 Å². The molecule has 0 radical (unpaired) electrons. The van der Waals surface area contributed by atoms with Gasteiger partial charge in [0.1, 0.15) is 11.8 Å². The molecule has 1 atom stereocenters. The molecule has 144 valence electrons. The van der Waals surface area contributed by atoms with Crippen LogP contribution >= 0.6 is 0 Å². The topological polar surface area (TPSA) is 99.0 Å². The first-order valence-electron chi connectivity index (χ1n) is 8.90. The molecule has 0 amide bonds. The lowest BCUT2D eigenvalue weighted by molar-refractivity contribution is 0.0327. The van der Waals surface area contributed by atoms with Crippen molar-refractivity contribution in [2.24, 2.45) is 0 Å². The van der Waals surface area contributed by atoms with Gasteiger partial charge in [0.25, 0.3) is 5.56 Å². The van der Waals surface area contributed by atoms with Gasteiger partial charge < -0.3 is 10.1 Å². The van der Waals surface area contributed by atoms with Crippen LogP contribution in [0.2, 0.25) is 0 Å². The predicted molar refractivity (Wildman–Crippen MR) is 104 cm³/mol. The van der Waals surface area contributed by atoms with Crippen molar-refractivity contribution in [2.75, 3.05) is 5.32 Å². The summed E-state index contributed by atoms with van der Waals surface area (Å²) in [5.41, 5.74) is 2.37. The SMILES string of the molecule is CCn1nc(C(=O)OC(C)c2ccncc2)cc(Nc2cnccc2C)c1=O. The van der Waals surface area contributed by atoms with Crippen LogP contribution in [0.1, 0.15) is 41.6 Å². The van der Waals surface area contributed by atoms with Crippen LogP contribution in [0, 0.1) is 6.92 Å². The van der Waals surface area contributed by atoms with Gasteiger partial charge in [-0.3, -0.25) is 14.8 Å². The van der Waals surface area contributed by atoms with Gasteiger partial charge in [-0.15, -0.1) is 0 Å². The van der Waals surface area contributed by atoms with Gasteiger partial charge in [0.2, 0.25) is 0 Å². The van der Waals surface area contributed by atoms with Gasteiger partial charge in [0.05, 0.1) is 11.9 Å². The van der Waals surface area contributed by atoms with Crippen LogP contribution in [0.4, 0.5) is 11.4 Å². The van der Waals surface area contributed by atoms with Crippen molar-refractivity contribution < 1.29 is 9.53 Å². The van der Waals surface area contributed by atoms with E-state index >= 15 is 0 Å². The summed E-state index contributed by atoms with van der Waals surface area (Å²) in [5.74, 6) is -0.613. The third-order valence-corrected chi connectivity index (χ3v) is 4.25. The predicted octanol–water partition coefficient (Wildman–Crippen LogP) is 3.02. The van der Waals surface area contributed by atoms with Crippen molar-refractivity contribution in [3.8, 4) is 0 Å². The Labute approximate surface area is 162 Å². The van der Waals surface area contributed by atoms with E-state index in [1.165, 1.54) is 10.7 Å². The highest BCUT2D eigenvalue weighted by Gasteiger charge is 2.19. The number of nitrogens with zero attached hydrogens (tertiary/aromatic N) is 4. The monoisotopic (exact) mass is 379 g/mol. The maximum Gasteiger partial charge on any atom is 0.359 e. The molecule has 0 saturated heterocycles. The first-order valence-corrected chi connectivity index (χ1v) is 8.90. The molecule has 0 spiro atoms. The minimum absolute atomic E-state index is 0.0476. The van der Waals surface area contributed by atoms with Crippen molar-refractivity contribution in [3.05, 3.63) is 76.2 Å². The molecule has 0 saturated carbocycles. The molecule has 3 aromatic rings. The Morgan fingerprint density at radius 1 is 1.18 bits per heavy atom. The van der Waals surface area contributed by atoms with Crippen molar-refractivity contribution in [3.63, 3.8) is 0 Å². The summed E-state index contributed by atoms with van der Waals surface area (Å²) in [6.07, 6.45) is 6.08. The largest absolute Gasteiger partial charge is 0.453 e.